The molecule has 0 unspecified atom stereocenters. The minimum absolute atomic E-state index is 0.127. The van der Waals surface area contributed by atoms with Crippen LogP contribution in [0.15, 0.2) is 104 Å². The van der Waals surface area contributed by atoms with Crippen molar-refractivity contribution >= 4 is 40.1 Å². The van der Waals surface area contributed by atoms with Crippen molar-refractivity contribution in [1.82, 2.24) is 48.6 Å². The van der Waals surface area contributed by atoms with Gasteiger partial charge in [0, 0.05) is 67.4 Å². The maximum atomic E-state index is 12.8. The van der Waals surface area contributed by atoms with E-state index in [9.17, 15) is 9.59 Å². The standard InChI is InChI=1S/C26H26N6O.C15H14N4O2.C12H15N/c1-16-9-24-22(7-8-27-24)17(2)23(16)11-28-26(33)20-10-29-32(13-20)15-21-14-31-12-19(18-3-4-18)5-6-25(31)30-21;20-15(21)12-5-16-19(7-12)9-13-8-18-6-11(10-1-2-10)3-4-14(18)17-13;1-8-6-10-4-3-5-11(10)9(2)12(8)7-13/h5-10,12-14,18,27H,3-4,11,15H2,1-2H3,(H,28,33);3-8,10H,1-2,9H2,(H,20,21);3,5-6H,4,7,13H2,1-2H3. The summed E-state index contributed by atoms with van der Waals surface area (Å²) in [7, 11) is 0. The van der Waals surface area contributed by atoms with Gasteiger partial charge in [0.1, 0.15) is 11.3 Å². The van der Waals surface area contributed by atoms with Crippen molar-refractivity contribution in [2.45, 2.75) is 97.8 Å². The smallest absolute Gasteiger partial charge is 0.338 e. The number of carboxylic acids is 1. The van der Waals surface area contributed by atoms with E-state index in [1.807, 2.05) is 29.1 Å². The van der Waals surface area contributed by atoms with E-state index in [4.69, 9.17) is 15.8 Å². The van der Waals surface area contributed by atoms with Gasteiger partial charge in [-0.3, -0.25) is 14.2 Å². The van der Waals surface area contributed by atoms with Crippen LogP contribution in [-0.4, -0.2) is 60.3 Å². The molecule has 12 rings (SSSR count). The number of imidazole rings is 2. The molecule has 340 valence electrons. The first-order valence-corrected chi connectivity index (χ1v) is 23.0. The van der Waals surface area contributed by atoms with Crippen molar-refractivity contribution in [1.29, 1.82) is 0 Å². The zero-order chi connectivity index (χ0) is 46.3. The van der Waals surface area contributed by atoms with Gasteiger partial charge in [-0.15, -0.1) is 0 Å². The van der Waals surface area contributed by atoms with E-state index < -0.39 is 5.97 Å². The number of nitrogens with zero attached hydrogens (tertiary/aromatic N) is 8. The second kappa shape index (κ2) is 18.0. The Kier molecular flexibility index (Phi) is 11.6. The van der Waals surface area contributed by atoms with Crippen LogP contribution in [0.25, 0.3) is 28.3 Å². The number of nitrogens with two attached hydrogens (primary N) is 1. The number of hydrogen-bond donors (Lipinski definition) is 4. The summed E-state index contributed by atoms with van der Waals surface area (Å²) >= 11 is 0. The minimum atomic E-state index is -0.967. The van der Waals surface area contributed by atoms with Crippen LogP contribution in [-0.2, 0) is 32.6 Å². The number of nitrogens with one attached hydrogen (secondary N) is 2. The van der Waals surface area contributed by atoms with E-state index in [0.29, 0.717) is 43.6 Å². The third-order valence-electron chi connectivity index (χ3n) is 13.4. The Morgan fingerprint density at radius 1 is 0.746 bits per heavy atom. The molecule has 67 heavy (non-hydrogen) atoms. The van der Waals surface area contributed by atoms with Crippen LogP contribution >= 0.6 is 0 Å². The number of H-pyrrole nitrogens is 1. The molecule has 1 amide bonds. The SMILES string of the molecule is Cc1cc2[nH]ccc2c(C)c1CNC(=O)c1cnn(Cc2cn3cc(C4CC4)ccc3n2)c1.Cc1cc2c(c(C)c1CN)C=CC2.O=C(O)c1cnn(Cc2cn3cc(C4CC4)ccc3n2)c1. The van der Waals surface area contributed by atoms with Crippen LogP contribution in [0.3, 0.4) is 0 Å². The van der Waals surface area contributed by atoms with Gasteiger partial charge in [-0.2, -0.15) is 10.2 Å². The van der Waals surface area contributed by atoms with Gasteiger partial charge in [0.25, 0.3) is 5.91 Å². The molecule has 7 heterocycles. The number of allylic oxidation sites excluding steroid dienone is 1. The third kappa shape index (κ3) is 9.30. The van der Waals surface area contributed by atoms with Crippen LogP contribution in [0.4, 0.5) is 0 Å². The van der Waals surface area contributed by atoms with Gasteiger partial charge >= 0.3 is 5.97 Å². The first-order chi connectivity index (χ1) is 32.5. The first kappa shape index (κ1) is 43.3. The molecule has 7 aromatic heterocycles. The normalized spacial score (nSPS) is 14.0. The first-order valence-electron chi connectivity index (χ1n) is 23.0. The highest BCUT2D eigenvalue weighted by Crippen LogP contribution is 2.40. The molecule has 2 fully saturated rings. The Morgan fingerprint density at radius 2 is 1.34 bits per heavy atom. The number of carbonyl (C=O) groups excluding carboxylic acids is 1. The molecule has 9 aromatic rings. The molecular weight excluding hydrogens is 839 g/mol. The van der Waals surface area contributed by atoms with Crippen LogP contribution in [0.1, 0.15) is 125 Å². The molecule has 0 aliphatic heterocycles. The van der Waals surface area contributed by atoms with Gasteiger partial charge in [0.2, 0.25) is 0 Å². The van der Waals surface area contributed by atoms with Crippen LogP contribution in [0.2, 0.25) is 0 Å². The highest BCUT2D eigenvalue weighted by atomic mass is 16.4. The van der Waals surface area contributed by atoms with E-state index in [-0.39, 0.29) is 11.5 Å². The average Bonchev–Trinajstić information content (AvgIpc) is 3.83. The topological polar surface area (TPSA) is 178 Å². The van der Waals surface area contributed by atoms with Gasteiger partial charge in [0.05, 0.1) is 48.0 Å². The lowest BCUT2D eigenvalue weighted by molar-refractivity contribution is 0.0696. The largest absolute Gasteiger partial charge is 0.478 e. The Morgan fingerprint density at radius 3 is 1.93 bits per heavy atom. The second-order valence-corrected chi connectivity index (χ2v) is 18.2. The predicted molar refractivity (Wildman–Crippen MR) is 259 cm³/mol. The number of carbonyl (C=O) groups is 2. The number of aromatic nitrogens is 9. The number of aromatic carboxylic acids is 1. The summed E-state index contributed by atoms with van der Waals surface area (Å²) in [6.07, 6.45) is 27.2. The summed E-state index contributed by atoms with van der Waals surface area (Å²) < 4.78 is 7.48. The number of rotatable bonds is 11. The van der Waals surface area contributed by atoms with Crippen molar-refractivity contribution in [3.8, 4) is 0 Å². The van der Waals surface area contributed by atoms with Crippen molar-refractivity contribution in [3.63, 3.8) is 0 Å². The lowest BCUT2D eigenvalue weighted by atomic mass is 9.94. The van der Waals surface area contributed by atoms with Crippen LogP contribution in [0, 0.1) is 27.7 Å². The van der Waals surface area contributed by atoms with Crippen LogP contribution < -0.4 is 11.1 Å². The Bertz CT molecular complexity index is 3350. The number of hydrogen-bond acceptors (Lipinski definition) is 7. The summed E-state index contributed by atoms with van der Waals surface area (Å²) in [5.74, 6) is 0.332. The fraction of sp³-hybridized carbons (Fsp3) is 0.283. The third-order valence-corrected chi connectivity index (χ3v) is 13.4. The summed E-state index contributed by atoms with van der Waals surface area (Å²) in [5.41, 5.74) is 24.3. The molecule has 0 saturated heterocycles. The summed E-state index contributed by atoms with van der Waals surface area (Å²) in [6.45, 7) is 10.6. The van der Waals surface area contributed by atoms with Gasteiger partial charge < -0.3 is 29.9 Å². The molecule has 0 radical (unpaired) electrons. The van der Waals surface area contributed by atoms with Crippen LogP contribution in [0.5, 0.6) is 0 Å². The van der Waals surface area contributed by atoms with E-state index >= 15 is 0 Å². The lowest BCUT2D eigenvalue weighted by Gasteiger charge is -2.12. The minimum Gasteiger partial charge on any atom is -0.478 e. The zero-order valence-electron chi connectivity index (χ0n) is 38.3. The molecular formula is C53H55N11O3. The predicted octanol–water partition coefficient (Wildman–Crippen LogP) is 8.97. The molecule has 0 spiro atoms. The Hall–Kier alpha value is -7.58. The number of aryl methyl sites for hydroxylation is 3. The molecule has 14 heteroatoms. The fourth-order valence-electron chi connectivity index (χ4n) is 9.33. The summed E-state index contributed by atoms with van der Waals surface area (Å²) in [5, 5.41) is 21.6. The van der Waals surface area contributed by atoms with Crippen molar-refractivity contribution in [3.05, 3.63) is 182 Å². The second-order valence-electron chi connectivity index (χ2n) is 18.2. The maximum absolute atomic E-state index is 12.8. The van der Waals surface area contributed by atoms with Gasteiger partial charge in [-0.25, -0.2) is 14.8 Å². The molecule has 3 aliphatic carbocycles. The Labute approximate surface area is 388 Å². The lowest BCUT2D eigenvalue weighted by Crippen LogP contribution is -2.23. The molecule has 2 saturated carbocycles. The van der Waals surface area contributed by atoms with E-state index in [1.54, 1.807) is 21.8 Å². The number of aromatic amines is 1. The van der Waals surface area contributed by atoms with Crippen molar-refractivity contribution in [2.75, 3.05) is 0 Å². The van der Waals surface area contributed by atoms with E-state index in [0.717, 1.165) is 45.7 Å². The van der Waals surface area contributed by atoms with Gasteiger partial charge in [-0.1, -0.05) is 30.4 Å². The average molecular weight is 894 g/mol. The number of carboxylic acid groups (broad SMARTS) is 1. The number of benzene rings is 2. The van der Waals surface area contributed by atoms with Gasteiger partial charge in [0.15, 0.2) is 0 Å². The maximum Gasteiger partial charge on any atom is 0.338 e. The highest BCUT2D eigenvalue weighted by molar-refractivity contribution is 5.94. The quantitative estimate of drug-likeness (QED) is 0.0994. The highest BCUT2D eigenvalue weighted by Gasteiger charge is 2.25. The molecule has 3 aliphatic rings. The fourth-order valence-corrected chi connectivity index (χ4v) is 9.33. The van der Waals surface area contributed by atoms with Crippen molar-refractivity contribution < 1.29 is 14.7 Å². The van der Waals surface area contributed by atoms with E-state index in [2.05, 4.69) is 119 Å². The zero-order valence-corrected chi connectivity index (χ0v) is 38.3. The number of pyridine rings is 2. The monoisotopic (exact) mass is 893 g/mol. The number of amides is 1. The molecule has 2 aromatic carbocycles. The molecule has 5 N–H and O–H groups in total. The van der Waals surface area contributed by atoms with E-state index in [1.165, 1.54) is 88.0 Å². The van der Waals surface area contributed by atoms with Crippen molar-refractivity contribution in [2.24, 2.45) is 5.73 Å². The Balaban J connectivity index is 0.000000131. The molecule has 0 bridgehead atoms. The summed E-state index contributed by atoms with van der Waals surface area (Å²) in [4.78, 5) is 36.1. The molecule has 0 atom stereocenters. The summed E-state index contributed by atoms with van der Waals surface area (Å²) in [6, 6.07) is 14.9. The van der Waals surface area contributed by atoms with Gasteiger partial charge in [-0.05, 0) is 152 Å². The molecule has 14 nitrogen and oxygen atoms in total. The number of fused-ring (bicyclic) bond motifs is 4.